The van der Waals surface area contributed by atoms with E-state index in [1.807, 2.05) is 130 Å². The van der Waals surface area contributed by atoms with Crippen molar-refractivity contribution in [1.29, 1.82) is 0 Å². The summed E-state index contributed by atoms with van der Waals surface area (Å²) in [7, 11) is 8.15. The standard InChI is InChI=1S/2C28H27N2O.C27H25N2O.C26H25N2O/c1-18-13-24-26(31-28-27(24)22-10-6-5-9-21(22)17-29-28)16-23(18)25-15-20(11-12-30(25)2)14-19-7-3-4-8-19;1-18-14-24-26(31-28-27(24)22-11-7-6-10-21(22)17-29-28)16-23(18)25-15-20(12-13-30(25)2)19-8-4-3-5-9-19;1-17-13-23-25(30-27-26(23)21-10-6-5-9-20(21)16-28-27)15-22(17)24-14-19(11-12-29(24)2)18-7-3-4-8-18;1-16(2)11-18-9-10-28(4)23(13-18)21-14-24-22(12-17(21)3)25-20-8-6-5-7-19(20)15-27-26(25)29-24/h5-6,9-13,15-17,19H,3-4,7-8,14H2,1-2H3;6-7,10-17,19H,3-5,8-9H2,1-2H3;5-6,9-16,18H,3-4,7-8H2,1-2H3;5-10,12-16H,11H2,1-4H3/q4*+1/i14D2;19D;18D;11D2. The van der Waals surface area contributed by atoms with Gasteiger partial charge in [-0.3, -0.25) is 0 Å². The largest absolute Gasteiger partial charge is 0.438 e. The molecule has 121 heavy (non-hydrogen) atoms. The summed E-state index contributed by atoms with van der Waals surface area (Å²) in [6, 6.07) is 66.9. The molecule has 0 bridgehead atoms. The molecule has 3 aliphatic rings. The summed E-state index contributed by atoms with van der Waals surface area (Å²) < 4.78 is 86.0. The SMILES string of the molecule is [2H]C([2H])(c1cc[n+](C)c(-c2cc3oc4ncc5ccccc5c4c3cc2C)c1)C(C)C.[2H]C([2H])(c1cc[n+](C)c(-c2cc3oc4ncc5ccccc5c4c3cc2C)c1)C1CCCC1.[2H]C1(c2cc[n+](C)c(-c3cc4oc5ncc6ccccc6c5c4cc3C)c2)CCCC1.[2H]C1(c2cc[n+](C)c(-c3cc4oc5ncc6ccccc6c5c4cc3C)c2)CCCCC1. The van der Waals surface area contributed by atoms with Gasteiger partial charge >= 0.3 is 0 Å². The van der Waals surface area contributed by atoms with Crippen molar-refractivity contribution in [2.75, 3.05) is 0 Å². The minimum atomic E-state index is -1.40. The van der Waals surface area contributed by atoms with Crippen LogP contribution in [-0.4, -0.2) is 19.9 Å². The number of hydrogen-bond acceptors (Lipinski definition) is 8. The van der Waals surface area contributed by atoms with Crippen LogP contribution in [0.1, 0.15) is 162 Å². The van der Waals surface area contributed by atoms with Crippen molar-refractivity contribution >= 4 is 131 Å². The highest BCUT2D eigenvalue weighted by Gasteiger charge is 2.28. The summed E-state index contributed by atoms with van der Waals surface area (Å²) >= 11 is 0. The molecule has 0 spiro atoms. The van der Waals surface area contributed by atoms with Gasteiger partial charge in [-0.05, 0) is 204 Å². The van der Waals surface area contributed by atoms with Crippen LogP contribution < -0.4 is 18.3 Å². The summed E-state index contributed by atoms with van der Waals surface area (Å²) in [4.78, 5) is 18.3. The Hall–Kier alpha value is -12.8. The molecule has 0 radical (unpaired) electrons. The Kier molecular flexibility index (Phi) is 18.6. The molecule has 3 aliphatic carbocycles. The Morgan fingerprint density at radius 1 is 0.339 bits per heavy atom. The molecule has 0 unspecified atom stereocenters. The Morgan fingerprint density at radius 2 is 0.628 bits per heavy atom. The molecular formula is C109H104N8O4+4. The maximum atomic E-state index is 9.09. The van der Waals surface area contributed by atoms with Crippen LogP contribution in [0.5, 0.6) is 0 Å². The van der Waals surface area contributed by atoms with Gasteiger partial charge < -0.3 is 17.7 Å². The average Bonchev–Trinajstić information content (AvgIpc) is 1.61. The van der Waals surface area contributed by atoms with Crippen LogP contribution in [0.4, 0.5) is 0 Å². The van der Waals surface area contributed by atoms with Crippen molar-refractivity contribution in [2.24, 2.45) is 40.0 Å². The fourth-order valence-corrected chi connectivity index (χ4v) is 19.3. The van der Waals surface area contributed by atoms with E-state index < -0.39 is 24.5 Å². The van der Waals surface area contributed by atoms with Gasteiger partial charge in [0, 0.05) is 125 Å². The highest BCUT2D eigenvalue weighted by Crippen LogP contribution is 2.44. The Balaban J connectivity index is 0.000000107. The molecule has 12 aromatic heterocycles. The smallest absolute Gasteiger partial charge is 0.227 e. The summed E-state index contributed by atoms with van der Waals surface area (Å²) in [5.41, 5.74) is 22.8. The van der Waals surface area contributed by atoms with Gasteiger partial charge in [0.2, 0.25) is 45.6 Å². The summed E-state index contributed by atoms with van der Waals surface area (Å²) in [6.07, 6.45) is 26.7. The van der Waals surface area contributed by atoms with Gasteiger partial charge in [-0.1, -0.05) is 169 Å². The monoisotopic (exact) mass is 1590 g/mol. The van der Waals surface area contributed by atoms with E-state index in [1.54, 1.807) is 0 Å². The lowest BCUT2D eigenvalue weighted by molar-refractivity contribution is -0.660. The quantitative estimate of drug-likeness (QED) is 0.124. The van der Waals surface area contributed by atoms with Crippen LogP contribution in [0.3, 0.4) is 0 Å². The molecule has 12 heterocycles. The topological polar surface area (TPSA) is 120 Å². The molecule has 0 amide bonds. The molecule has 3 saturated carbocycles. The van der Waals surface area contributed by atoms with Crippen LogP contribution in [0.2, 0.25) is 0 Å². The Labute approximate surface area is 714 Å². The van der Waals surface area contributed by atoms with Gasteiger partial charge in [0.05, 0.1) is 43.8 Å². The molecule has 0 atom stereocenters. The first-order chi connectivity index (χ1) is 61.3. The number of furan rings is 4. The van der Waals surface area contributed by atoms with E-state index in [0.29, 0.717) is 28.4 Å². The number of fused-ring (bicyclic) bond motifs is 20. The second kappa shape index (κ2) is 32.1. The number of pyridine rings is 8. The maximum absolute atomic E-state index is 9.09. The van der Waals surface area contributed by atoms with Crippen LogP contribution in [0.25, 0.3) is 176 Å². The normalized spacial score (nSPS) is 15.8. The number of nitrogens with zero attached hydrogens (tertiary/aromatic N) is 8. The predicted molar refractivity (Wildman–Crippen MR) is 493 cm³/mol. The van der Waals surface area contributed by atoms with E-state index in [2.05, 4.69) is 221 Å². The molecule has 600 valence electrons. The van der Waals surface area contributed by atoms with Crippen LogP contribution in [-0.2, 0) is 40.9 Å². The maximum Gasteiger partial charge on any atom is 0.227 e. The molecular weight excluding hydrogens is 1490 g/mol. The zero-order chi connectivity index (χ0) is 87.7. The number of hydrogen-bond donors (Lipinski definition) is 0. The third-order valence-corrected chi connectivity index (χ3v) is 25.6. The lowest BCUT2D eigenvalue weighted by atomic mass is 9.84. The number of benzene rings is 8. The fourth-order valence-electron chi connectivity index (χ4n) is 19.3. The first kappa shape index (κ1) is 70.1. The highest BCUT2D eigenvalue weighted by atomic mass is 16.4. The second-order valence-electron chi connectivity index (χ2n) is 34.2. The van der Waals surface area contributed by atoms with Crippen LogP contribution in [0, 0.1) is 39.5 Å². The molecule has 0 aliphatic heterocycles. The van der Waals surface area contributed by atoms with Crippen molar-refractivity contribution in [3.05, 3.63) is 288 Å². The second-order valence-corrected chi connectivity index (χ2v) is 34.2. The van der Waals surface area contributed by atoms with Crippen molar-refractivity contribution in [2.45, 2.75) is 150 Å². The zero-order valence-electron chi connectivity index (χ0n) is 76.7. The van der Waals surface area contributed by atoms with Gasteiger partial charge in [0.1, 0.15) is 50.5 Å². The van der Waals surface area contributed by atoms with E-state index in [-0.39, 0.29) is 11.8 Å². The molecule has 12 heteroatoms. The summed E-state index contributed by atoms with van der Waals surface area (Å²) in [5.74, 6) is -0.951. The molecule has 3 fully saturated rings. The van der Waals surface area contributed by atoms with E-state index in [4.69, 9.17) is 25.9 Å². The van der Waals surface area contributed by atoms with E-state index in [1.165, 1.54) is 28.3 Å². The van der Waals surface area contributed by atoms with E-state index >= 15 is 0 Å². The van der Waals surface area contributed by atoms with E-state index in [9.17, 15) is 0 Å². The van der Waals surface area contributed by atoms with Crippen molar-refractivity contribution in [3.63, 3.8) is 0 Å². The predicted octanol–water partition coefficient (Wildman–Crippen LogP) is 26.4. The molecule has 20 aromatic rings. The zero-order valence-corrected chi connectivity index (χ0v) is 70.7. The molecule has 0 saturated heterocycles. The van der Waals surface area contributed by atoms with Crippen LogP contribution in [0.15, 0.2) is 261 Å². The number of aryl methyl sites for hydroxylation is 8. The summed E-state index contributed by atoms with van der Waals surface area (Å²) in [5, 5.41) is 17.6. The minimum absolute atomic E-state index is 0.0939. The number of aromatic nitrogens is 8. The Morgan fingerprint density at radius 3 is 0.967 bits per heavy atom. The number of rotatable bonds is 10. The molecule has 0 N–H and O–H groups in total. The molecule has 12 nitrogen and oxygen atoms in total. The highest BCUT2D eigenvalue weighted by molar-refractivity contribution is 6.21. The molecule has 8 aromatic carbocycles. The van der Waals surface area contributed by atoms with Gasteiger partial charge in [0.25, 0.3) is 0 Å². The minimum Gasteiger partial charge on any atom is -0.438 e. The third-order valence-electron chi connectivity index (χ3n) is 25.6. The summed E-state index contributed by atoms with van der Waals surface area (Å²) in [6.45, 7) is 12.4. The first-order valence-corrected chi connectivity index (χ1v) is 43.1. The van der Waals surface area contributed by atoms with Gasteiger partial charge in [-0.15, -0.1) is 0 Å². The Bertz CT molecular complexity index is 7590. The lowest BCUT2D eigenvalue weighted by Gasteiger charge is -2.21. The van der Waals surface area contributed by atoms with E-state index in [0.717, 1.165) is 248 Å². The van der Waals surface area contributed by atoms with Crippen molar-refractivity contribution in [1.82, 2.24) is 19.9 Å². The van der Waals surface area contributed by atoms with Gasteiger partial charge in [-0.2, -0.15) is 0 Å². The average molecular weight is 1600 g/mol. The lowest BCUT2D eigenvalue weighted by Crippen LogP contribution is -2.31. The van der Waals surface area contributed by atoms with Gasteiger partial charge in [0.15, 0.2) is 24.8 Å². The van der Waals surface area contributed by atoms with Gasteiger partial charge in [-0.25, -0.2) is 38.2 Å². The first-order valence-electron chi connectivity index (χ1n) is 46.1. The molecule has 23 rings (SSSR count). The third kappa shape index (κ3) is 14.6. The van der Waals surface area contributed by atoms with Crippen molar-refractivity contribution < 1.29 is 44.2 Å². The van der Waals surface area contributed by atoms with Crippen molar-refractivity contribution in [3.8, 4) is 45.0 Å². The van der Waals surface area contributed by atoms with Crippen LogP contribution >= 0.6 is 0 Å². The fraction of sp³-hybridized carbons (Fsp3) is 0.266.